The standard InChI is InChI=1S/C19H21ClOS/c1-19(2)15(18(19)13-7-5-4-6-8-13)12-22-17-11-14(20)9-10-16(17)21-3/h4-11,15,18H,12H2,1-3H3/t15?,18-/m0/s1. The second-order valence-corrected chi connectivity index (χ2v) is 7.92. The molecule has 1 nitrogen and oxygen atoms in total. The average molecular weight is 333 g/mol. The van der Waals surface area contributed by atoms with E-state index in [2.05, 4.69) is 44.2 Å². The minimum absolute atomic E-state index is 0.361. The van der Waals surface area contributed by atoms with E-state index in [0.29, 0.717) is 17.3 Å². The molecule has 1 unspecified atom stereocenters. The summed E-state index contributed by atoms with van der Waals surface area (Å²) in [6, 6.07) is 16.7. The summed E-state index contributed by atoms with van der Waals surface area (Å²) in [6.45, 7) is 4.73. The number of benzene rings is 2. The van der Waals surface area contributed by atoms with E-state index in [1.165, 1.54) is 5.56 Å². The van der Waals surface area contributed by atoms with Crippen LogP contribution in [0.2, 0.25) is 5.02 Å². The van der Waals surface area contributed by atoms with Crippen molar-refractivity contribution in [3.05, 3.63) is 59.1 Å². The molecule has 116 valence electrons. The van der Waals surface area contributed by atoms with Gasteiger partial charge in [-0.1, -0.05) is 55.8 Å². The van der Waals surface area contributed by atoms with Crippen LogP contribution < -0.4 is 4.74 Å². The highest BCUT2D eigenvalue weighted by atomic mass is 35.5. The van der Waals surface area contributed by atoms with Gasteiger partial charge in [-0.15, -0.1) is 11.8 Å². The van der Waals surface area contributed by atoms with Crippen LogP contribution in [0.5, 0.6) is 5.75 Å². The van der Waals surface area contributed by atoms with E-state index in [0.717, 1.165) is 21.4 Å². The van der Waals surface area contributed by atoms with Gasteiger partial charge in [0, 0.05) is 10.8 Å². The van der Waals surface area contributed by atoms with Gasteiger partial charge in [0.15, 0.2) is 0 Å². The normalized spacial score (nSPS) is 22.4. The Morgan fingerprint density at radius 1 is 1.14 bits per heavy atom. The smallest absolute Gasteiger partial charge is 0.132 e. The third-order valence-corrected chi connectivity index (χ3v) is 6.14. The number of rotatable bonds is 5. The van der Waals surface area contributed by atoms with Gasteiger partial charge in [0.1, 0.15) is 5.75 Å². The highest BCUT2D eigenvalue weighted by molar-refractivity contribution is 7.99. The number of hydrogen-bond acceptors (Lipinski definition) is 2. The third kappa shape index (κ3) is 3.00. The molecule has 1 aliphatic rings. The van der Waals surface area contributed by atoms with Gasteiger partial charge in [-0.3, -0.25) is 0 Å². The molecule has 0 N–H and O–H groups in total. The molecule has 0 bridgehead atoms. The van der Waals surface area contributed by atoms with Gasteiger partial charge in [0.25, 0.3) is 0 Å². The molecule has 2 aromatic carbocycles. The van der Waals surface area contributed by atoms with Crippen LogP contribution in [0.15, 0.2) is 53.4 Å². The Morgan fingerprint density at radius 2 is 1.86 bits per heavy atom. The Kier molecular flexibility index (Phi) is 4.42. The van der Waals surface area contributed by atoms with E-state index in [4.69, 9.17) is 16.3 Å². The monoisotopic (exact) mass is 332 g/mol. The number of hydrogen-bond donors (Lipinski definition) is 0. The van der Waals surface area contributed by atoms with Crippen molar-refractivity contribution >= 4 is 23.4 Å². The van der Waals surface area contributed by atoms with E-state index >= 15 is 0 Å². The second kappa shape index (κ2) is 6.17. The van der Waals surface area contributed by atoms with E-state index in [1.54, 1.807) is 7.11 Å². The van der Waals surface area contributed by atoms with Crippen LogP contribution in [0.4, 0.5) is 0 Å². The van der Waals surface area contributed by atoms with Crippen LogP contribution in [0.1, 0.15) is 25.3 Å². The number of ether oxygens (including phenoxy) is 1. The molecule has 1 fully saturated rings. The summed E-state index contributed by atoms with van der Waals surface area (Å²) in [5, 5.41) is 0.762. The Labute approximate surface area is 142 Å². The maximum atomic E-state index is 6.12. The van der Waals surface area contributed by atoms with Crippen LogP contribution in [-0.4, -0.2) is 12.9 Å². The van der Waals surface area contributed by atoms with E-state index in [9.17, 15) is 0 Å². The van der Waals surface area contributed by atoms with Gasteiger partial charge in [0.05, 0.1) is 12.0 Å². The molecule has 0 heterocycles. The van der Waals surface area contributed by atoms with Gasteiger partial charge in [0.2, 0.25) is 0 Å². The van der Waals surface area contributed by atoms with Crippen LogP contribution in [-0.2, 0) is 0 Å². The molecule has 0 amide bonds. The van der Waals surface area contributed by atoms with Crippen molar-refractivity contribution < 1.29 is 4.74 Å². The van der Waals surface area contributed by atoms with Gasteiger partial charge >= 0.3 is 0 Å². The number of halogens is 1. The maximum absolute atomic E-state index is 6.12. The topological polar surface area (TPSA) is 9.23 Å². The molecular formula is C19H21ClOS. The van der Waals surface area contributed by atoms with Gasteiger partial charge < -0.3 is 4.74 Å². The lowest BCUT2D eigenvalue weighted by atomic mass is 10.0. The first kappa shape index (κ1) is 15.8. The molecule has 22 heavy (non-hydrogen) atoms. The Bertz CT molecular complexity index is 654. The van der Waals surface area contributed by atoms with Crippen molar-refractivity contribution in [2.24, 2.45) is 11.3 Å². The Hall–Kier alpha value is -1.12. The fraction of sp³-hybridized carbons (Fsp3) is 0.368. The molecule has 0 spiro atoms. The highest BCUT2D eigenvalue weighted by Gasteiger charge is 2.57. The summed E-state index contributed by atoms with van der Waals surface area (Å²) in [5.74, 6) is 3.32. The largest absolute Gasteiger partial charge is 0.496 e. The van der Waals surface area contributed by atoms with E-state index in [1.807, 2.05) is 30.0 Å². The van der Waals surface area contributed by atoms with Crippen molar-refractivity contribution in [2.45, 2.75) is 24.7 Å². The second-order valence-electron chi connectivity index (χ2n) is 6.42. The summed E-state index contributed by atoms with van der Waals surface area (Å²) < 4.78 is 5.44. The molecule has 1 aliphatic carbocycles. The van der Waals surface area contributed by atoms with Crippen molar-refractivity contribution in [2.75, 3.05) is 12.9 Å². The van der Waals surface area contributed by atoms with Gasteiger partial charge in [-0.2, -0.15) is 0 Å². The predicted octanol–water partition coefficient (Wildman–Crippen LogP) is 5.88. The molecule has 0 aromatic heterocycles. The fourth-order valence-corrected chi connectivity index (χ4v) is 5.04. The summed E-state index contributed by atoms with van der Waals surface area (Å²) >= 11 is 7.96. The van der Waals surface area contributed by atoms with Crippen LogP contribution >= 0.6 is 23.4 Å². The quantitative estimate of drug-likeness (QED) is 0.632. The third-order valence-electron chi connectivity index (χ3n) is 4.75. The summed E-state index contributed by atoms with van der Waals surface area (Å²) in [4.78, 5) is 1.13. The lowest BCUT2D eigenvalue weighted by molar-refractivity contribution is 0.405. The van der Waals surface area contributed by atoms with Crippen LogP contribution in [0.3, 0.4) is 0 Å². The number of thioether (sulfide) groups is 1. The van der Waals surface area contributed by atoms with Gasteiger partial charge in [-0.05, 0) is 41.0 Å². The lowest BCUT2D eigenvalue weighted by Gasteiger charge is -2.09. The first-order valence-electron chi connectivity index (χ1n) is 7.55. The molecule has 2 aromatic rings. The van der Waals surface area contributed by atoms with Crippen molar-refractivity contribution in [3.8, 4) is 5.75 Å². The zero-order chi connectivity index (χ0) is 15.7. The van der Waals surface area contributed by atoms with E-state index in [-0.39, 0.29) is 0 Å². The Morgan fingerprint density at radius 3 is 2.55 bits per heavy atom. The van der Waals surface area contributed by atoms with Crippen LogP contribution in [0, 0.1) is 11.3 Å². The summed E-state index contributed by atoms with van der Waals surface area (Å²) in [7, 11) is 1.71. The van der Waals surface area contributed by atoms with Crippen molar-refractivity contribution in [1.82, 2.24) is 0 Å². The summed E-state index contributed by atoms with van der Waals surface area (Å²) in [6.07, 6.45) is 0. The average Bonchev–Trinajstić information content (AvgIpc) is 3.07. The minimum atomic E-state index is 0.361. The predicted molar refractivity (Wildman–Crippen MR) is 95.2 cm³/mol. The fourth-order valence-electron chi connectivity index (χ4n) is 3.32. The molecule has 1 saturated carbocycles. The minimum Gasteiger partial charge on any atom is -0.496 e. The molecular weight excluding hydrogens is 312 g/mol. The zero-order valence-electron chi connectivity index (χ0n) is 13.2. The zero-order valence-corrected chi connectivity index (χ0v) is 14.7. The Balaban J connectivity index is 1.71. The number of methoxy groups -OCH3 is 1. The highest BCUT2D eigenvalue weighted by Crippen LogP contribution is 2.65. The van der Waals surface area contributed by atoms with Gasteiger partial charge in [-0.25, -0.2) is 0 Å². The van der Waals surface area contributed by atoms with Crippen molar-refractivity contribution in [1.29, 1.82) is 0 Å². The first-order valence-corrected chi connectivity index (χ1v) is 8.91. The first-order chi connectivity index (χ1) is 10.5. The SMILES string of the molecule is COc1ccc(Cl)cc1SCC1[C@H](c2ccccc2)C1(C)C. The van der Waals surface area contributed by atoms with Crippen LogP contribution in [0.25, 0.3) is 0 Å². The molecule has 0 radical (unpaired) electrons. The molecule has 2 atom stereocenters. The summed E-state index contributed by atoms with van der Waals surface area (Å²) in [5.41, 5.74) is 1.82. The lowest BCUT2D eigenvalue weighted by Crippen LogP contribution is -1.94. The molecule has 3 rings (SSSR count). The maximum Gasteiger partial charge on any atom is 0.132 e. The molecule has 0 aliphatic heterocycles. The van der Waals surface area contributed by atoms with Crippen molar-refractivity contribution in [3.63, 3.8) is 0 Å². The van der Waals surface area contributed by atoms with E-state index < -0.39 is 0 Å². The molecule has 0 saturated heterocycles. The molecule has 3 heteroatoms.